The minimum absolute atomic E-state index is 0.138. The highest BCUT2D eigenvalue weighted by Crippen LogP contribution is 2.38. The van der Waals surface area contributed by atoms with Crippen molar-refractivity contribution in [1.29, 1.82) is 0 Å². The first kappa shape index (κ1) is 30.4. The average Bonchev–Trinajstić information content (AvgIpc) is 2.97. The molecule has 2 aliphatic heterocycles. The van der Waals surface area contributed by atoms with Crippen molar-refractivity contribution in [3.05, 3.63) is 42.6 Å². The molecule has 3 aromatic rings. The molecule has 230 valence electrons. The maximum absolute atomic E-state index is 15.2. The molecule has 0 radical (unpaired) electrons. The number of carbonyl (C=O) groups is 2. The predicted octanol–water partition coefficient (Wildman–Crippen LogP) is 4.65. The fraction of sp³-hybridized carbons (Fsp3) is 0.516. The summed E-state index contributed by atoms with van der Waals surface area (Å²) in [6.07, 6.45) is 4.87. The second-order valence-corrected chi connectivity index (χ2v) is 11.9. The normalized spacial score (nSPS) is 21.0. The number of amides is 2. The van der Waals surface area contributed by atoms with Gasteiger partial charge in [0.2, 0.25) is 5.91 Å². The lowest BCUT2D eigenvalue weighted by molar-refractivity contribution is -0.128. The lowest BCUT2D eigenvalue weighted by atomic mass is 9.96. The number of nitrogens with zero attached hydrogens (tertiary/aromatic N) is 4. The Morgan fingerprint density at radius 2 is 1.98 bits per heavy atom. The summed E-state index contributed by atoms with van der Waals surface area (Å²) < 4.78 is 32.4. The summed E-state index contributed by atoms with van der Waals surface area (Å²) in [6, 6.07) is 4.71. The van der Waals surface area contributed by atoms with Crippen LogP contribution in [0, 0.1) is 0 Å². The summed E-state index contributed by atoms with van der Waals surface area (Å²) in [5, 5.41) is 6.87. The SMILES string of the molecule is CCCOCc1ncc(-c2ccc3ncc4cc3c2OCC(F)CNC(=O)[C@@H]2C[C@H](CCN2C(=O)OC(C)(C)C)N4)cn1. The summed E-state index contributed by atoms with van der Waals surface area (Å²) in [7, 11) is 0. The zero-order valence-corrected chi connectivity index (χ0v) is 25.1. The number of halogens is 1. The van der Waals surface area contributed by atoms with Crippen LogP contribution in [0.4, 0.5) is 14.9 Å². The van der Waals surface area contributed by atoms with Crippen molar-refractivity contribution >= 4 is 28.6 Å². The Kier molecular flexibility index (Phi) is 9.24. The van der Waals surface area contributed by atoms with E-state index in [1.165, 1.54) is 4.90 Å². The highest BCUT2D eigenvalue weighted by Gasteiger charge is 2.38. The number of aromatic nitrogens is 3. The molecule has 1 aromatic carbocycles. The number of fused-ring (bicyclic) bond motifs is 3. The van der Waals surface area contributed by atoms with Crippen molar-refractivity contribution in [2.45, 2.75) is 77.4 Å². The first-order valence-corrected chi connectivity index (χ1v) is 14.7. The second-order valence-electron chi connectivity index (χ2n) is 11.9. The monoisotopic (exact) mass is 594 g/mol. The number of pyridine rings is 1. The van der Waals surface area contributed by atoms with Crippen molar-refractivity contribution in [3.63, 3.8) is 0 Å². The molecule has 4 bridgehead atoms. The lowest BCUT2D eigenvalue weighted by Gasteiger charge is -2.39. The van der Waals surface area contributed by atoms with Crippen molar-refractivity contribution in [1.82, 2.24) is 25.2 Å². The molecular formula is C31H39FN6O5. The zero-order chi connectivity index (χ0) is 30.6. The molecule has 0 aliphatic carbocycles. The summed E-state index contributed by atoms with van der Waals surface area (Å²) in [5.74, 6) is 0.585. The van der Waals surface area contributed by atoms with Gasteiger partial charge in [0.25, 0.3) is 0 Å². The van der Waals surface area contributed by atoms with Crippen LogP contribution in [0.1, 0.15) is 52.8 Å². The van der Waals surface area contributed by atoms with Crippen LogP contribution in [0.25, 0.3) is 22.0 Å². The van der Waals surface area contributed by atoms with Crippen molar-refractivity contribution in [2.24, 2.45) is 0 Å². The number of likely N-dealkylation sites (tertiary alicyclic amines) is 1. The van der Waals surface area contributed by atoms with Gasteiger partial charge in [-0.25, -0.2) is 19.2 Å². The third-order valence-electron chi connectivity index (χ3n) is 7.22. The molecular weight excluding hydrogens is 555 g/mol. The van der Waals surface area contributed by atoms with E-state index < -0.39 is 29.8 Å². The number of benzene rings is 1. The van der Waals surface area contributed by atoms with Crippen LogP contribution in [0.15, 0.2) is 36.8 Å². The number of hydrogen-bond donors (Lipinski definition) is 2. The van der Waals surface area contributed by atoms with Gasteiger partial charge in [-0.3, -0.25) is 14.7 Å². The molecule has 2 N–H and O–H groups in total. The van der Waals surface area contributed by atoms with Gasteiger partial charge < -0.3 is 24.8 Å². The molecule has 1 saturated heterocycles. The van der Waals surface area contributed by atoms with Gasteiger partial charge in [0, 0.05) is 48.1 Å². The van der Waals surface area contributed by atoms with E-state index >= 15 is 4.39 Å². The minimum Gasteiger partial charge on any atom is -0.489 e. The van der Waals surface area contributed by atoms with Gasteiger partial charge in [-0.15, -0.1) is 0 Å². The zero-order valence-electron chi connectivity index (χ0n) is 25.1. The minimum atomic E-state index is -1.51. The largest absolute Gasteiger partial charge is 0.489 e. The van der Waals surface area contributed by atoms with Crippen molar-refractivity contribution in [3.8, 4) is 16.9 Å². The Balaban J connectivity index is 1.46. The predicted molar refractivity (Wildman–Crippen MR) is 159 cm³/mol. The number of anilines is 1. The van der Waals surface area contributed by atoms with E-state index in [4.69, 9.17) is 14.2 Å². The average molecular weight is 595 g/mol. The van der Waals surface area contributed by atoms with Gasteiger partial charge in [0.05, 0.1) is 23.9 Å². The Morgan fingerprint density at radius 1 is 1.19 bits per heavy atom. The highest BCUT2D eigenvalue weighted by molar-refractivity contribution is 5.94. The van der Waals surface area contributed by atoms with Crippen LogP contribution >= 0.6 is 0 Å². The van der Waals surface area contributed by atoms with E-state index in [-0.39, 0.29) is 19.2 Å². The van der Waals surface area contributed by atoms with Gasteiger partial charge >= 0.3 is 6.09 Å². The molecule has 0 saturated carbocycles. The molecule has 1 fully saturated rings. The fourth-order valence-corrected chi connectivity index (χ4v) is 5.19. The third-order valence-corrected chi connectivity index (χ3v) is 7.22. The van der Waals surface area contributed by atoms with Crippen molar-refractivity contribution < 1.29 is 28.2 Å². The Bertz CT molecular complexity index is 1450. The number of rotatable bonds is 5. The van der Waals surface area contributed by atoms with Crippen LogP contribution in [-0.2, 0) is 20.9 Å². The number of piperidine rings is 1. The van der Waals surface area contributed by atoms with Crippen LogP contribution in [0.5, 0.6) is 5.75 Å². The molecule has 2 aliphatic rings. The van der Waals surface area contributed by atoms with Crippen LogP contribution in [0.2, 0.25) is 0 Å². The van der Waals surface area contributed by atoms with Gasteiger partial charge in [-0.2, -0.15) is 0 Å². The lowest BCUT2D eigenvalue weighted by Crippen LogP contribution is -2.57. The van der Waals surface area contributed by atoms with Gasteiger partial charge in [-0.1, -0.05) is 6.92 Å². The third kappa shape index (κ3) is 7.48. The summed E-state index contributed by atoms with van der Waals surface area (Å²) >= 11 is 0. The van der Waals surface area contributed by atoms with Crippen molar-refractivity contribution in [2.75, 3.05) is 31.6 Å². The van der Waals surface area contributed by atoms with Crippen LogP contribution in [0.3, 0.4) is 0 Å². The standard InChI is InChI=1S/C31H39FN6O5/c1-5-10-41-18-27-34-13-19(14-35-27)23-6-7-25-24-11-22(16-33-25)37-21-8-9-38(30(40)43-31(2,3)4)26(12-21)29(39)36-15-20(32)17-42-28(23)24/h6-7,11,13-14,16,20-21,26,37H,5,8-10,12,15,17-18H2,1-4H3,(H,36,39)/t20?,21-,26-/m0/s1. The van der Waals surface area contributed by atoms with Crippen LogP contribution < -0.4 is 15.4 Å². The molecule has 5 rings (SSSR count). The molecule has 2 amide bonds. The Hall–Kier alpha value is -4.06. The van der Waals surface area contributed by atoms with E-state index in [1.807, 2.05) is 25.1 Å². The highest BCUT2D eigenvalue weighted by atomic mass is 19.1. The number of carbonyl (C=O) groups excluding carboxylic acids is 2. The van der Waals surface area contributed by atoms with E-state index in [1.54, 1.807) is 39.4 Å². The van der Waals surface area contributed by atoms with E-state index in [0.717, 1.165) is 12.1 Å². The van der Waals surface area contributed by atoms with E-state index in [0.29, 0.717) is 66.2 Å². The molecule has 1 unspecified atom stereocenters. The topological polar surface area (TPSA) is 128 Å². The van der Waals surface area contributed by atoms with E-state index in [9.17, 15) is 9.59 Å². The molecule has 4 heterocycles. The van der Waals surface area contributed by atoms with Crippen LogP contribution in [-0.4, -0.2) is 82.0 Å². The van der Waals surface area contributed by atoms with Gasteiger partial charge in [0.1, 0.15) is 30.6 Å². The van der Waals surface area contributed by atoms with Gasteiger partial charge in [0.15, 0.2) is 12.0 Å². The quantitative estimate of drug-likeness (QED) is 0.406. The molecule has 0 spiro atoms. The Labute approximate surface area is 250 Å². The molecule has 11 nitrogen and oxygen atoms in total. The van der Waals surface area contributed by atoms with Gasteiger partial charge in [-0.05, 0) is 58.2 Å². The second kappa shape index (κ2) is 13.1. The number of nitrogens with one attached hydrogen (secondary N) is 2. The Morgan fingerprint density at radius 3 is 2.72 bits per heavy atom. The fourth-order valence-electron chi connectivity index (χ4n) is 5.19. The molecule has 43 heavy (non-hydrogen) atoms. The maximum Gasteiger partial charge on any atom is 0.410 e. The number of alkyl halides is 1. The molecule has 3 atom stereocenters. The maximum atomic E-state index is 15.2. The number of ether oxygens (including phenoxy) is 3. The summed E-state index contributed by atoms with van der Waals surface area (Å²) in [5.41, 5.74) is 2.09. The number of hydrogen-bond acceptors (Lipinski definition) is 9. The summed E-state index contributed by atoms with van der Waals surface area (Å²) in [4.78, 5) is 41.2. The first-order chi connectivity index (χ1) is 20.6. The summed E-state index contributed by atoms with van der Waals surface area (Å²) in [6.45, 7) is 8.05. The first-order valence-electron chi connectivity index (χ1n) is 14.7. The molecule has 2 aromatic heterocycles. The van der Waals surface area contributed by atoms with E-state index in [2.05, 4.69) is 25.6 Å². The molecule has 12 heteroatoms. The smallest absolute Gasteiger partial charge is 0.410 e.